The Kier molecular flexibility index (Phi) is 5.68. The predicted octanol–water partition coefficient (Wildman–Crippen LogP) is 5.01. The average molecular weight is 340 g/mol. The first-order chi connectivity index (χ1) is 12.1. The van der Waals surface area contributed by atoms with E-state index in [1.54, 1.807) is 6.92 Å². The van der Waals surface area contributed by atoms with Crippen molar-refractivity contribution >= 4 is 5.97 Å². The summed E-state index contributed by atoms with van der Waals surface area (Å²) < 4.78 is 6.02. The molecule has 2 saturated carbocycles. The third kappa shape index (κ3) is 4.57. The van der Waals surface area contributed by atoms with Gasteiger partial charge in [-0.2, -0.15) is 0 Å². The van der Waals surface area contributed by atoms with E-state index in [2.05, 4.69) is 11.8 Å². The Hall–Kier alpha value is -1.95. The van der Waals surface area contributed by atoms with Crippen LogP contribution >= 0.6 is 0 Å². The summed E-state index contributed by atoms with van der Waals surface area (Å²) in [4.78, 5) is 11.0. The lowest BCUT2D eigenvalue weighted by molar-refractivity contribution is -0.137. The monoisotopic (exact) mass is 340 g/mol. The molecule has 1 aromatic rings. The Balaban J connectivity index is 1.53. The molecule has 0 aromatic heterocycles. The highest BCUT2D eigenvalue weighted by molar-refractivity contribution is 5.69. The molecule has 3 nitrogen and oxygen atoms in total. The van der Waals surface area contributed by atoms with E-state index in [1.807, 2.05) is 24.3 Å². The minimum Gasteiger partial charge on any atom is -0.493 e. The smallest absolute Gasteiger partial charge is 0.304 e. The van der Waals surface area contributed by atoms with E-state index < -0.39 is 5.97 Å². The third-order valence-corrected chi connectivity index (χ3v) is 5.93. The summed E-state index contributed by atoms with van der Waals surface area (Å²) in [5, 5.41) is 9.03. The highest BCUT2D eigenvalue weighted by Gasteiger charge is 2.40. The van der Waals surface area contributed by atoms with E-state index in [1.165, 1.54) is 44.9 Å². The highest BCUT2D eigenvalue weighted by Crippen LogP contribution is 2.52. The van der Waals surface area contributed by atoms with E-state index in [0.717, 1.165) is 17.9 Å². The van der Waals surface area contributed by atoms with Crippen molar-refractivity contribution in [1.82, 2.24) is 0 Å². The van der Waals surface area contributed by atoms with Gasteiger partial charge in [0.1, 0.15) is 5.75 Å². The predicted molar refractivity (Wildman–Crippen MR) is 98.6 cm³/mol. The fourth-order valence-corrected chi connectivity index (χ4v) is 4.66. The number of hydrogen-bond acceptors (Lipinski definition) is 2. The lowest BCUT2D eigenvalue weighted by Crippen LogP contribution is -2.14. The molecule has 0 bridgehead atoms. The SMILES string of the molecule is CC#C[C@@H](CC(=O)O)c1ccc(OCC2CCC3(CCCC3)C2)cc1. The van der Waals surface area contributed by atoms with Crippen LogP contribution in [0.15, 0.2) is 24.3 Å². The third-order valence-electron chi connectivity index (χ3n) is 5.93. The van der Waals surface area contributed by atoms with Crippen molar-refractivity contribution in [2.45, 2.75) is 64.2 Å². The van der Waals surface area contributed by atoms with E-state index in [4.69, 9.17) is 9.84 Å². The van der Waals surface area contributed by atoms with Crippen LogP contribution in [0.25, 0.3) is 0 Å². The van der Waals surface area contributed by atoms with Crippen LogP contribution in [0.4, 0.5) is 0 Å². The van der Waals surface area contributed by atoms with Gasteiger partial charge in [0.15, 0.2) is 0 Å². The van der Waals surface area contributed by atoms with Gasteiger partial charge < -0.3 is 9.84 Å². The highest BCUT2D eigenvalue weighted by atomic mass is 16.5. The molecule has 2 fully saturated rings. The van der Waals surface area contributed by atoms with E-state index in [9.17, 15) is 4.79 Å². The molecule has 0 heterocycles. The van der Waals surface area contributed by atoms with Gasteiger partial charge >= 0.3 is 5.97 Å². The Labute approximate surface area is 150 Å². The molecule has 0 saturated heterocycles. The Morgan fingerprint density at radius 2 is 2.00 bits per heavy atom. The zero-order valence-corrected chi connectivity index (χ0v) is 15.1. The van der Waals surface area contributed by atoms with Crippen LogP contribution < -0.4 is 4.74 Å². The number of carbonyl (C=O) groups is 1. The maximum atomic E-state index is 11.0. The summed E-state index contributed by atoms with van der Waals surface area (Å²) in [5.74, 6) is 6.28. The first-order valence-corrected chi connectivity index (χ1v) is 9.47. The molecular weight excluding hydrogens is 312 g/mol. The van der Waals surface area contributed by atoms with Gasteiger partial charge in [-0.05, 0) is 68.1 Å². The van der Waals surface area contributed by atoms with Crippen molar-refractivity contribution in [3.8, 4) is 17.6 Å². The number of hydrogen-bond donors (Lipinski definition) is 1. The molecule has 0 aliphatic heterocycles. The molecule has 2 atom stereocenters. The van der Waals surface area contributed by atoms with Crippen molar-refractivity contribution in [3.05, 3.63) is 29.8 Å². The van der Waals surface area contributed by atoms with Gasteiger partial charge in [-0.15, -0.1) is 5.92 Å². The van der Waals surface area contributed by atoms with E-state index in [0.29, 0.717) is 11.3 Å². The molecule has 0 radical (unpaired) electrons. The standard InChI is InChI=1S/C22H28O3/c1-2-5-19(14-21(23)24)18-6-8-20(9-7-18)25-16-17-10-13-22(15-17)11-3-4-12-22/h6-9,17,19H,3-4,10-16H2,1H3,(H,23,24)/t17?,19-/m0/s1. The summed E-state index contributed by atoms with van der Waals surface area (Å²) in [6.45, 7) is 2.54. The normalized spacial score (nSPS) is 22.4. The number of rotatable bonds is 6. The van der Waals surface area contributed by atoms with Gasteiger partial charge in [-0.1, -0.05) is 30.9 Å². The van der Waals surface area contributed by atoms with Gasteiger partial charge in [0.25, 0.3) is 0 Å². The molecule has 1 N–H and O–H groups in total. The van der Waals surface area contributed by atoms with Gasteiger partial charge in [0.05, 0.1) is 18.9 Å². The van der Waals surface area contributed by atoms with Crippen molar-refractivity contribution in [3.63, 3.8) is 0 Å². The minimum atomic E-state index is -0.824. The Morgan fingerprint density at radius 1 is 1.28 bits per heavy atom. The zero-order chi connectivity index (χ0) is 17.7. The van der Waals surface area contributed by atoms with Crippen molar-refractivity contribution in [2.24, 2.45) is 11.3 Å². The van der Waals surface area contributed by atoms with Crippen LogP contribution in [0.1, 0.15) is 69.8 Å². The quantitative estimate of drug-likeness (QED) is 0.741. The second-order valence-corrected chi connectivity index (χ2v) is 7.74. The van der Waals surface area contributed by atoms with Crippen molar-refractivity contribution in [1.29, 1.82) is 0 Å². The van der Waals surface area contributed by atoms with Crippen molar-refractivity contribution < 1.29 is 14.6 Å². The van der Waals surface area contributed by atoms with E-state index in [-0.39, 0.29) is 12.3 Å². The molecule has 3 heteroatoms. The van der Waals surface area contributed by atoms with Crippen LogP contribution in [-0.4, -0.2) is 17.7 Å². The van der Waals surface area contributed by atoms with Crippen LogP contribution in [-0.2, 0) is 4.79 Å². The molecule has 1 aromatic carbocycles. The van der Waals surface area contributed by atoms with Crippen LogP contribution in [0.3, 0.4) is 0 Å². The van der Waals surface area contributed by atoms with Crippen LogP contribution in [0.5, 0.6) is 5.75 Å². The number of aliphatic carboxylic acids is 1. The molecule has 2 aliphatic rings. The fourth-order valence-electron chi connectivity index (χ4n) is 4.66. The summed E-state index contributed by atoms with van der Waals surface area (Å²) in [6.07, 6.45) is 9.70. The first kappa shape index (κ1) is 17.9. The first-order valence-electron chi connectivity index (χ1n) is 9.47. The summed E-state index contributed by atoms with van der Waals surface area (Å²) >= 11 is 0. The number of carboxylic acids is 1. The lowest BCUT2D eigenvalue weighted by atomic mass is 9.84. The van der Waals surface area contributed by atoms with Crippen LogP contribution in [0, 0.1) is 23.2 Å². The molecule has 1 spiro atoms. The van der Waals surface area contributed by atoms with Gasteiger partial charge in [-0.3, -0.25) is 4.79 Å². The largest absolute Gasteiger partial charge is 0.493 e. The fraction of sp³-hybridized carbons (Fsp3) is 0.591. The average Bonchev–Trinajstić information content (AvgIpc) is 3.23. The second-order valence-electron chi connectivity index (χ2n) is 7.74. The lowest BCUT2D eigenvalue weighted by Gasteiger charge is -2.22. The molecule has 3 rings (SSSR count). The van der Waals surface area contributed by atoms with Gasteiger partial charge in [0, 0.05) is 0 Å². The summed E-state index contributed by atoms with van der Waals surface area (Å²) in [5.41, 5.74) is 1.58. The van der Waals surface area contributed by atoms with E-state index >= 15 is 0 Å². The molecule has 134 valence electrons. The minimum absolute atomic E-state index is 0.0329. The topological polar surface area (TPSA) is 46.5 Å². The molecular formula is C22H28O3. The van der Waals surface area contributed by atoms with Gasteiger partial charge in [-0.25, -0.2) is 0 Å². The Morgan fingerprint density at radius 3 is 2.64 bits per heavy atom. The summed E-state index contributed by atoms with van der Waals surface area (Å²) in [6, 6.07) is 7.78. The maximum absolute atomic E-state index is 11.0. The second kappa shape index (κ2) is 7.95. The number of benzene rings is 1. The zero-order valence-electron chi connectivity index (χ0n) is 15.1. The molecule has 25 heavy (non-hydrogen) atoms. The number of carboxylic acid groups (broad SMARTS) is 1. The number of ether oxygens (including phenoxy) is 1. The molecule has 1 unspecified atom stereocenters. The molecule has 0 amide bonds. The van der Waals surface area contributed by atoms with Crippen molar-refractivity contribution in [2.75, 3.05) is 6.61 Å². The maximum Gasteiger partial charge on any atom is 0.304 e. The molecule has 2 aliphatic carbocycles. The van der Waals surface area contributed by atoms with Crippen LogP contribution in [0.2, 0.25) is 0 Å². The Bertz CT molecular complexity index is 644. The summed E-state index contributed by atoms with van der Waals surface area (Å²) in [7, 11) is 0. The van der Waals surface area contributed by atoms with Gasteiger partial charge in [0.2, 0.25) is 0 Å².